The van der Waals surface area contributed by atoms with Crippen molar-refractivity contribution < 1.29 is 18.0 Å². The van der Waals surface area contributed by atoms with Gasteiger partial charge in [-0.05, 0) is 36.8 Å². The van der Waals surface area contributed by atoms with Crippen LogP contribution in [0.2, 0.25) is 0 Å². The number of hydrogen-bond acceptors (Lipinski definition) is 5. The number of piperazine rings is 1. The summed E-state index contributed by atoms with van der Waals surface area (Å²) in [5, 5.41) is 5.84. The number of anilines is 2. The molecule has 2 aromatic rings. The molecule has 0 saturated carbocycles. The molecule has 1 fully saturated rings. The molecule has 0 aliphatic carbocycles. The number of amides is 2. The summed E-state index contributed by atoms with van der Waals surface area (Å²) in [5.41, 5.74) is 2.37. The SMILES string of the molecule is CC(=O)Nc1ccc(C)c(NCC(=O)N2CCN(S(=O)(=O)c3ccccc3)CC2)c1. The van der Waals surface area contributed by atoms with Crippen molar-refractivity contribution >= 4 is 33.2 Å². The zero-order valence-corrected chi connectivity index (χ0v) is 17.9. The number of sulfonamides is 1. The summed E-state index contributed by atoms with van der Waals surface area (Å²) in [6.45, 7) is 4.66. The highest BCUT2D eigenvalue weighted by Crippen LogP contribution is 2.21. The molecule has 8 nitrogen and oxygen atoms in total. The fraction of sp³-hybridized carbons (Fsp3) is 0.333. The predicted molar refractivity (Wildman–Crippen MR) is 116 cm³/mol. The molecule has 2 N–H and O–H groups in total. The van der Waals surface area contributed by atoms with Gasteiger partial charge in [-0.3, -0.25) is 9.59 Å². The Morgan fingerprint density at radius 2 is 1.67 bits per heavy atom. The van der Waals surface area contributed by atoms with Crippen LogP contribution in [-0.4, -0.2) is 62.2 Å². The van der Waals surface area contributed by atoms with Gasteiger partial charge in [0.05, 0.1) is 11.4 Å². The number of nitrogens with zero attached hydrogens (tertiary/aromatic N) is 2. The third kappa shape index (κ3) is 5.17. The Bertz CT molecular complexity index is 1020. The first kappa shape index (κ1) is 21.8. The maximum atomic E-state index is 12.7. The number of carbonyl (C=O) groups is 2. The van der Waals surface area contributed by atoms with E-state index in [1.807, 2.05) is 13.0 Å². The van der Waals surface area contributed by atoms with E-state index in [0.717, 1.165) is 11.3 Å². The molecule has 2 aromatic carbocycles. The fourth-order valence-electron chi connectivity index (χ4n) is 3.30. The van der Waals surface area contributed by atoms with Gasteiger partial charge in [0.1, 0.15) is 0 Å². The molecule has 0 atom stereocenters. The first-order chi connectivity index (χ1) is 14.3. The number of rotatable bonds is 6. The Hall–Kier alpha value is -2.91. The number of nitrogens with one attached hydrogen (secondary N) is 2. The monoisotopic (exact) mass is 430 g/mol. The van der Waals surface area contributed by atoms with E-state index < -0.39 is 10.0 Å². The number of benzene rings is 2. The van der Waals surface area contributed by atoms with Crippen LogP contribution in [0.25, 0.3) is 0 Å². The lowest BCUT2D eigenvalue weighted by atomic mass is 10.1. The Morgan fingerprint density at radius 1 is 1.00 bits per heavy atom. The molecule has 9 heteroatoms. The molecule has 0 bridgehead atoms. The van der Waals surface area contributed by atoms with Crippen molar-refractivity contribution in [3.8, 4) is 0 Å². The van der Waals surface area contributed by atoms with Crippen LogP contribution in [0.5, 0.6) is 0 Å². The van der Waals surface area contributed by atoms with Crippen molar-refractivity contribution in [2.24, 2.45) is 0 Å². The van der Waals surface area contributed by atoms with Crippen LogP contribution in [0.3, 0.4) is 0 Å². The van der Waals surface area contributed by atoms with Crippen molar-refractivity contribution in [3.05, 3.63) is 54.1 Å². The van der Waals surface area contributed by atoms with Crippen LogP contribution in [0.1, 0.15) is 12.5 Å². The van der Waals surface area contributed by atoms with Crippen molar-refractivity contribution in [1.82, 2.24) is 9.21 Å². The summed E-state index contributed by atoms with van der Waals surface area (Å²) in [6.07, 6.45) is 0. The standard InChI is InChI=1S/C21H26N4O4S/c1-16-8-9-18(23-17(2)26)14-20(16)22-15-21(27)24-10-12-25(13-11-24)30(28,29)19-6-4-3-5-7-19/h3-9,14,22H,10-13,15H2,1-2H3,(H,23,26). The average molecular weight is 431 g/mol. The summed E-state index contributed by atoms with van der Waals surface area (Å²) in [4.78, 5) is 25.8. The molecular weight excluding hydrogens is 404 g/mol. The zero-order chi connectivity index (χ0) is 21.7. The number of hydrogen-bond donors (Lipinski definition) is 2. The van der Waals surface area contributed by atoms with Crippen LogP contribution in [0.4, 0.5) is 11.4 Å². The second-order valence-corrected chi connectivity index (χ2v) is 9.10. The summed E-state index contributed by atoms with van der Waals surface area (Å²) in [6, 6.07) is 13.8. The summed E-state index contributed by atoms with van der Waals surface area (Å²) in [7, 11) is -3.54. The van der Waals surface area contributed by atoms with Gasteiger partial charge in [-0.15, -0.1) is 0 Å². The van der Waals surface area contributed by atoms with Gasteiger partial charge in [0, 0.05) is 44.5 Å². The predicted octanol–water partition coefficient (Wildman–Crippen LogP) is 1.90. The Morgan fingerprint density at radius 3 is 2.30 bits per heavy atom. The second-order valence-electron chi connectivity index (χ2n) is 7.16. The van der Waals surface area contributed by atoms with Crippen LogP contribution in [-0.2, 0) is 19.6 Å². The smallest absolute Gasteiger partial charge is 0.243 e. The number of aryl methyl sites for hydroxylation is 1. The second kappa shape index (κ2) is 9.27. The van der Waals surface area contributed by atoms with Gasteiger partial charge < -0.3 is 15.5 Å². The lowest BCUT2D eigenvalue weighted by Crippen LogP contribution is -2.51. The highest BCUT2D eigenvalue weighted by molar-refractivity contribution is 7.89. The van der Waals surface area contributed by atoms with E-state index in [9.17, 15) is 18.0 Å². The fourth-order valence-corrected chi connectivity index (χ4v) is 4.74. The van der Waals surface area contributed by atoms with Crippen molar-refractivity contribution in [2.45, 2.75) is 18.7 Å². The quantitative estimate of drug-likeness (QED) is 0.729. The van der Waals surface area contributed by atoms with Crippen molar-refractivity contribution in [3.63, 3.8) is 0 Å². The van der Waals surface area contributed by atoms with E-state index in [4.69, 9.17) is 0 Å². The Kier molecular flexibility index (Phi) is 6.73. The summed E-state index contributed by atoms with van der Waals surface area (Å²) in [5.74, 6) is -0.264. The maximum absolute atomic E-state index is 12.7. The minimum absolute atomic E-state index is 0.0931. The first-order valence-electron chi connectivity index (χ1n) is 9.72. The lowest BCUT2D eigenvalue weighted by molar-refractivity contribution is -0.130. The van der Waals surface area contributed by atoms with Gasteiger partial charge in [0.15, 0.2) is 0 Å². The van der Waals surface area contributed by atoms with Crippen molar-refractivity contribution in [1.29, 1.82) is 0 Å². The van der Waals surface area contributed by atoms with Crippen molar-refractivity contribution in [2.75, 3.05) is 43.4 Å². The third-order valence-corrected chi connectivity index (χ3v) is 6.87. The lowest BCUT2D eigenvalue weighted by Gasteiger charge is -2.34. The van der Waals surface area contributed by atoms with Gasteiger partial charge in [0.25, 0.3) is 0 Å². The van der Waals surface area contributed by atoms with Gasteiger partial charge in [-0.1, -0.05) is 24.3 Å². The molecular formula is C21H26N4O4S. The highest BCUT2D eigenvalue weighted by atomic mass is 32.2. The molecule has 1 aliphatic rings. The van der Waals surface area contributed by atoms with E-state index >= 15 is 0 Å². The van der Waals surface area contributed by atoms with Crippen LogP contribution >= 0.6 is 0 Å². The third-order valence-electron chi connectivity index (χ3n) is 4.96. The maximum Gasteiger partial charge on any atom is 0.243 e. The Balaban J connectivity index is 1.56. The normalized spacial score (nSPS) is 14.9. The van der Waals surface area contributed by atoms with Gasteiger partial charge in [-0.25, -0.2) is 8.42 Å². The minimum Gasteiger partial charge on any atom is -0.376 e. The molecule has 160 valence electrons. The number of carbonyl (C=O) groups excluding carboxylic acids is 2. The largest absolute Gasteiger partial charge is 0.376 e. The zero-order valence-electron chi connectivity index (χ0n) is 17.1. The molecule has 1 aliphatic heterocycles. The summed E-state index contributed by atoms with van der Waals surface area (Å²) < 4.78 is 26.8. The van der Waals surface area contributed by atoms with E-state index in [2.05, 4.69) is 10.6 Å². The first-order valence-corrected chi connectivity index (χ1v) is 11.2. The molecule has 0 spiro atoms. The summed E-state index contributed by atoms with van der Waals surface area (Å²) >= 11 is 0. The van der Waals surface area contributed by atoms with Gasteiger partial charge in [0.2, 0.25) is 21.8 Å². The topological polar surface area (TPSA) is 98.8 Å². The van der Waals surface area contributed by atoms with E-state index in [1.54, 1.807) is 47.4 Å². The van der Waals surface area contributed by atoms with Gasteiger partial charge >= 0.3 is 0 Å². The Labute approximate surface area is 176 Å². The van der Waals surface area contributed by atoms with Gasteiger partial charge in [-0.2, -0.15) is 4.31 Å². The molecule has 1 heterocycles. The molecule has 2 amide bonds. The molecule has 0 unspecified atom stereocenters. The molecule has 0 aromatic heterocycles. The van der Waals surface area contributed by atoms with E-state index in [-0.39, 0.29) is 36.3 Å². The average Bonchev–Trinajstić information content (AvgIpc) is 2.74. The molecule has 1 saturated heterocycles. The van der Waals surface area contributed by atoms with E-state index in [0.29, 0.717) is 18.8 Å². The molecule has 30 heavy (non-hydrogen) atoms. The highest BCUT2D eigenvalue weighted by Gasteiger charge is 2.29. The van der Waals surface area contributed by atoms with Crippen LogP contribution in [0, 0.1) is 6.92 Å². The molecule has 3 rings (SSSR count). The minimum atomic E-state index is -3.54. The molecule has 0 radical (unpaired) electrons. The van der Waals surface area contributed by atoms with E-state index in [1.165, 1.54) is 11.2 Å². The van der Waals surface area contributed by atoms with Crippen LogP contribution in [0.15, 0.2) is 53.4 Å². The van der Waals surface area contributed by atoms with Crippen LogP contribution < -0.4 is 10.6 Å².